The van der Waals surface area contributed by atoms with Gasteiger partial charge in [-0.05, 0) is 38.8 Å². The average Bonchev–Trinajstić information content (AvgIpc) is 2.26. The molecule has 2 N–H and O–H groups in total. The Balaban J connectivity index is 0.000000246. The molecule has 1 fully saturated rings. The van der Waals surface area contributed by atoms with Crippen LogP contribution >= 0.6 is 0 Å². The smallest absolute Gasteiger partial charge is 0.293 e. The Morgan fingerprint density at radius 3 is 2.40 bits per heavy atom. The number of carbonyl (C=O) groups is 1. The molecule has 1 aromatic carbocycles. The minimum Gasteiger partial charge on any atom is -0.462 e. The van der Waals surface area contributed by atoms with Gasteiger partial charge in [0.2, 0.25) is 0 Å². The van der Waals surface area contributed by atoms with Gasteiger partial charge in [0.1, 0.15) is 5.60 Å². The van der Waals surface area contributed by atoms with Crippen molar-refractivity contribution in [2.75, 3.05) is 13.1 Å². The summed E-state index contributed by atoms with van der Waals surface area (Å²) in [6.45, 7) is 9.87. The molecule has 1 heterocycles. The summed E-state index contributed by atoms with van der Waals surface area (Å²) in [6, 6.07) is 8.24. The van der Waals surface area contributed by atoms with Crippen molar-refractivity contribution in [3.05, 3.63) is 35.4 Å². The monoisotopic (exact) mass is 279 g/mol. The molecule has 0 bridgehead atoms. The second-order valence-corrected chi connectivity index (χ2v) is 6.03. The van der Waals surface area contributed by atoms with Crippen molar-refractivity contribution in [2.45, 2.75) is 45.3 Å². The van der Waals surface area contributed by atoms with Crippen LogP contribution in [0.25, 0.3) is 0 Å². The molecule has 1 unspecified atom stereocenters. The molecule has 0 aromatic heterocycles. The Bertz CT molecular complexity index is 420. The van der Waals surface area contributed by atoms with Crippen LogP contribution in [0.4, 0.5) is 0 Å². The highest BCUT2D eigenvalue weighted by Crippen LogP contribution is 2.22. The highest BCUT2D eigenvalue weighted by Gasteiger charge is 2.18. The summed E-state index contributed by atoms with van der Waals surface area (Å²) in [7, 11) is 0. The van der Waals surface area contributed by atoms with Gasteiger partial charge in [-0.25, -0.2) is 0 Å². The zero-order valence-electron chi connectivity index (χ0n) is 12.7. The molecule has 1 aromatic rings. The molecule has 0 amide bonds. The number of hydrogen-bond acceptors (Lipinski definition) is 4. The Morgan fingerprint density at radius 1 is 1.40 bits per heavy atom. The van der Waals surface area contributed by atoms with E-state index in [1.165, 1.54) is 5.56 Å². The first-order chi connectivity index (χ1) is 9.33. The Morgan fingerprint density at radius 2 is 2.05 bits per heavy atom. The van der Waals surface area contributed by atoms with E-state index in [0.717, 1.165) is 18.7 Å². The first-order valence-corrected chi connectivity index (χ1v) is 6.93. The van der Waals surface area contributed by atoms with Gasteiger partial charge in [-0.15, -0.1) is 0 Å². The highest BCUT2D eigenvalue weighted by atomic mass is 16.5. The molecule has 0 saturated carbocycles. The summed E-state index contributed by atoms with van der Waals surface area (Å²) in [6.07, 6.45) is -0.354. The fourth-order valence-electron chi connectivity index (χ4n) is 1.74. The normalized spacial score (nSPS) is 16.4. The number of ether oxygens (including phenoxy) is 1. The molecule has 20 heavy (non-hydrogen) atoms. The van der Waals surface area contributed by atoms with Gasteiger partial charge < -0.3 is 15.2 Å². The topological polar surface area (TPSA) is 58.6 Å². The summed E-state index contributed by atoms with van der Waals surface area (Å²) in [5, 5.41) is 12.7. The lowest BCUT2D eigenvalue weighted by Crippen LogP contribution is -2.39. The van der Waals surface area contributed by atoms with E-state index in [1.54, 1.807) is 6.92 Å². The lowest BCUT2D eigenvalue weighted by Gasteiger charge is -2.28. The number of aliphatic hydroxyl groups is 1. The fourth-order valence-corrected chi connectivity index (χ4v) is 1.74. The van der Waals surface area contributed by atoms with Crippen LogP contribution in [0.2, 0.25) is 0 Å². The van der Waals surface area contributed by atoms with Crippen LogP contribution in [-0.4, -0.2) is 30.3 Å². The largest absolute Gasteiger partial charge is 0.462 e. The second-order valence-electron chi connectivity index (χ2n) is 6.03. The zero-order valence-corrected chi connectivity index (χ0v) is 12.7. The Hall–Kier alpha value is -1.39. The standard InChI is InChI=1S/C11H15NO.C5H10O2/c1-8(13)9-3-2-4-10(5-9)11-6-12-7-11;1-5(2,3)7-4-6/h2-5,8,11-13H,6-7H2,1H3;4H,1-3H3. The van der Waals surface area contributed by atoms with Gasteiger partial charge in [0.25, 0.3) is 6.47 Å². The van der Waals surface area contributed by atoms with Crippen molar-refractivity contribution in [1.29, 1.82) is 0 Å². The average molecular weight is 279 g/mol. The maximum atomic E-state index is 9.60. The molecule has 112 valence electrons. The van der Waals surface area contributed by atoms with Crippen LogP contribution < -0.4 is 5.32 Å². The van der Waals surface area contributed by atoms with E-state index in [0.29, 0.717) is 12.4 Å². The summed E-state index contributed by atoms with van der Waals surface area (Å²) < 4.78 is 4.55. The van der Waals surface area contributed by atoms with Crippen LogP contribution in [-0.2, 0) is 9.53 Å². The predicted octanol–water partition coefficient (Wildman–Crippen LogP) is 2.38. The molecule has 4 heteroatoms. The van der Waals surface area contributed by atoms with Gasteiger partial charge in [-0.2, -0.15) is 0 Å². The molecule has 1 saturated heterocycles. The van der Waals surface area contributed by atoms with Gasteiger partial charge in [0.05, 0.1) is 6.10 Å². The maximum absolute atomic E-state index is 9.60. The van der Waals surface area contributed by atoms with Crippen LogP contribution in [0.3, 0.4) is 0 Å². The molecule has 4 nitrogen and oxygen atoms in total. The molecule has 1 atom stereocenters. The van der Waals surface area contributed by atoms with E-state index >= 15 is 0 Å². The zero-order chi connectivity index (χ0) is 15.2. The van der Waals surface area contributed by atoms with E-state index < -0.39 is 0 Å². The first-order valence-electron chi connectivity index (χ1n) is 6.93. The number of carbonyl (C=O) groups excluding carboxylic acids is 1. The predicted molar refractivity (Wildman–Crippen MR) is 79.6 cm³/mol. The summed E-state index contributed by atoms with van der Waals surface area (Å²) in [5.74, 6) is 0.652. The van der Waals surface area contributed by atoms with E-state index in [9.17, 15) is 9.90 Å². The molecule has 2 rings (SSSR count). The molecule has 0 radical (unpaired) electrons. The third kappa shape index (κ3) is 5.72. The van der Waals surface area contributed by atoms with Crippen molar-refractivity contribution < 1.29 is 14.6 Å². The van der Waals surface area contributed by atoms with Gasteiger partial charge in [-0.3, -0.25) is 4.79 Å². The van der Waals surface area contributed by atoms with E-state index in [4.69, 9.17) is 0 Å². The summed E-state index contributed by atoms with van der Waals surface area (Å²) in [4.78, 5) is 9.60. The summed E-state index contributed by atoms with van der Waals surface area (Å²) in [5.41, 5.74) is 2.04. The van der Waals surface area contributed by atoms with Crippen LogP contribution in [0.15, 0.2) is 24.3 Å². The molecule has 1 aliphatic rings. The number of benzene rings is 1. The summed E-state index contributed by atoms with van der Waals surface area (Å²) >= 11 is 0. The molecule has 1 aliphatic heterocycles. The van der Waals surface area contributed by atoms with Crippen molar-refractivity contribution in [3.63, 3.8) is 0 Å². The number of aliphatic hydroxyl groups excluding tert-OH is 1. The maximum Gasteiger partial charge on any atom is 0.293 e. The first kappa shape index (κ1) is 16.7. The van der Waals surface area contributed by atoms with Crippen LogP contribution in [0, 0.1) is 0 Å². The van der Waals surface area contributed by atoms with Gasteiger partial charge in [0.15, 0.2) is 0 Å². The lowest BCUT2D eigenvalue weighted by molar-refractivity contribution is -0.138. The fraction of sp³-hybridized carbons (Fsp3) is 0.562. The van der Waals surface area contributed by atoms with Gasteiger partial charge in [-0.1, -0.05) is 24.3 Å². The molecular formula is C16H25NO3. The third-order valence-corrected chi connectivity index (χ3v) is 3.05. The van der Waals surface area contributed by atoms with Gasteiger partial charge in [0, 0.05) is 19.0 Å². The quantitative estimate of drug-likeness (QED) is 0.834. The minimum absolute atomic E-state index is 0.318. The Labute approximate surface area is 121 Å². The highest BCUT2D eigenvalue weighted by molar-refractivity contribution is 5.37. The number of nitrogens with one attached hydrogen (secondary N) is 1. The number of rotatable bonds is 3. The lowest BCUT2D eigenvalue weighted by atomic mass is 9.92. The molecule has 0 aliphatic carbocycles. The molecular weight excluding hydrogens is 254 g/mol. The number of hydrogen-bond donors (Lipinski definition) is 2. The van der Waals surface area contributed by atoms with Crippen molar-refractivity contribution in [2.24, 2.45) is 0 Å². The second kappa shape index (κ2) is 7.41. The van der Waals surface area contributed by atoms with Crippen molar-refractivity contribution >= 4 is 6.47 Å². The third-order valence-electron chi connectivity index (χ3n) is 3.05. The Kier molecular flexibility index (Phi) is 6.17. The SMILES string of the molecule is CC(C)(C)OC=O.CC(O)c1cccc(C2CNC2)c1. The van der Waals surface area contributed by atoms with Crippen LogP contribution in [0.5, 0.6) is 0 Å². The van der Waals surface area contributed by atoms with E-state index in [2.05, 4.69) is 22.2 Å². The van der Waals surface area contributed by atoms with Crippen molar-refractivity contribution in [3.8, 4) is 0 Å². The van der Waals surface area contributed by atoms with Crippen LogP contribution in [0.1, 0.15) is 50.8 Å². The van der Waals surface area contributed by atoms with E-state index in [-0.39, 0.29) is 11.7 Å². The van der Waals surface area contributed by atoms with E-state index in [1.807, 2.05) is 32.9 Å². The van der Waals surface area contributed by atoms with Crippen molar-refractivity contribution in [1.82, 2.24) is 5.32 Å². The minimum atomic E-state index is -0.354. The molecule has 0 spiro atoms. The van der Waals surface area contributed by atoms with Gasteiger partial charge >= 0.3 is 0 Å².